The lowest BCUT2D eigenvalue weighted by Crippen LogP contribution is -2.26. The molecule has 114 valence electrons. The predicted octanol–water partition coefficient (Wildman–Crippen LogP) is 5.38. The largest absolute Gasteiger partial charge is 0.377 e. The van der Waals surface area contributed by atoms with Crippen molar-refractivity contribution in [3.05, 3.63) is 24.8 Å². The molecule has 0 unspecified atom stereocenters. The van der Waals surface area contributed by atoms with E-state index in [1.165, 1.54) is 51.4 Å². The summed E-state index contributed by atoms with van der Waals surface area (Å²) in [5, 5.41) is 0. The van der Waals surface area contributed by atoms with E-state index >= 15 is 0 Å². The topological polar surface area (TPSA) is 9.23 Å². The Bertz CT molecular complexity index is 291. The van der Waals surface area contributed by atoms with Gasteiger partial charge in [-0.25, -0.2) is 0 Å². The third-order valence-electron chi connectivity index (χ3n) is 5.51. The van der Waals surface area contributed by atoms with Crippen LogP contribution in [0.3, 0.4) is 0 Å². The molecule has 0 atom stereocenters. The number of allylic oxidation sites excluding steroid dienone is 2. The van der Waals surface area contributed by atoms with Crippen LogP contribution in [0.2, 0.25) is 0 Å². The molecule has 0 amide bonds. The summed E-state index contributed by atoms with van der Waals surface area (Å²) in [5.74, 6) is 3.65. The van der Waals surface area contributed by atoms with Gasteiger partial charge in [0.15, 0.2) is 0 Å². The van der Waals surface area contributed by atoms with Crippen LogP contribution < -0.4 is 0 Å². The fraction of sp³-hybridized carbons (Fsp3) is 0.789. The summed E-state index contributed by atoms with van der Waals surface area (Å²) in [5.41, 5.74) is 0. The highest BCUT2D eigenvalue weighted by atomic mass is 16.5. The molecular weight excluding hydrogens is 244 g/mol. The molecular formula is C19H32O. The van der Waals surface area contributed by atoms with Gasteiger partial charge in [0, 0.05) is 6.61 Å². The van der Waals surface area contributed by atoms with Crippen molar-refractivity contribution in [2.75, 3.05) is 13.2 Å². The molecule has 2 aliphatic rings. The minimum Gasteiger partial charge on any atom is -0.377 e. The first-order chi connectivity index (χ1) is 9.83. The molecule has 2 rings (SSSR count). The van der Waals surface area contributed by atoms with E-state index < -0.39 is 0 Å². The van der Waals surface area contributed by atoms with Crippen LogP contribution in [-0.4, -0.2) is 13.2 Å². The lowest BCUT2D eigenvalue weighted by Gasteiger charge is -2.37. The van der Waals surface area contributed by atoms with Gasteiger partial charge >= 0.3 is 0 Å². The second-order valence-corrected chi connectivity index (χ2v) is 6.80. The normalized spacial score (nSPS) is 35.2. The van der Waals surface area contributed by atoms with Gasteiger partial charge in [0.2, 0.25) is 0 Å². The van der Waals surface area contributed by atoms with E-state index in [1.807, 2.05) is 0 Å². The van der Waals surface area contributed by atoms with Gasteiger partial charge in [-0.15, -0.1) is 6.58 Å². The summed E-state index contributed by atoms with van der Waals surface area (Å²) in [6.07, 6.45) is 17.7. The van der Waals surface area contributed by atoms with Gasteiger partial charge in [0.1, 0.15) is 0 Å². The summed E-state index contributed by atoms with van der Waals surface area (Å²) < 4.78 is 5.72. The van der Waals surface area contributed by atoms with Crippen LogP contribution in [0.25, 0.3) is 0 Å². The molecule has 1 heteroatoms. The Labute approximate surface area is 125 Å². The maximum absolute atomic E-state index is 5.72. The smallest absolute Gasteiger partial charge is 0.0647 e. The van der Waals surface area contributed by atoms with Crippen molar-refractivity contribution in [2.45, 2.75) is 58.3 Å². The molecule has 0 aromatic heterocycles. The third kappa shape index (κ3) is 4.77. The number of rotatable bonds is 6. The Morgan fingerprint density at radius 2 is 1.55 bits per heavy atom. The first kappa shape index (κ1) is 15.8. The van der Waals surface area contributed by atoms with Gasteiger partial charge in [-0.1, -0.05) is 18.2 Å². The highest BCUT2D eigenvalue weighted by Gasteiger charge is 2.30. The second-order valence-electron chi connectivity index (χ2n) is 6.80. The molecule has 0 saturated heterocycles. The van der Waals surface area contributed by atoms with Gasteiger partial charge in [0.05, 0.1) is 6.61 Å². The van der Waals surface area contributed by atoms with E-state index in [0.717, 1.165) is 36.9 Å². The molecule has 0 aliphatic heterocycles. The Morgan fingerprint density at radius 3 is 2.10 bits per heavy atom. The molecule has 0 aromatic carbocycles. The fourth-order valence-electron chi connectivity index (χ4n) is 4.08. The summed E-state index contributed by atoms with van der Waals surface area (Å²) >= 11 is 0. The molecule has 0 spiro atoms. The summed E-state index contributed by atoms with van der Waals surface area (Å²) in [6, 6.07) is 0. The molecule has 1 nitrogen and oxygen atoms in total. The average molecular weight is 276 g/mol. The summed E-state index contributed by atoms with van der Waals surface area (Å²) in [4.78, 5) is 0. The van der Waals surface area contributed by atoms with Gasteiger partial charge in [0.25, 0.3) is 0 Å². The van der Waals surface area contributed by atoms with Crippen LogP contribution in [0.4, 0.5) is 0 Å². The summed E-state index contributed by atoms with van der Waals surface area (Å²) in [7, 11) is 0. The first-order valence-electron chi connectivity index (χ1n) is 8.65. The molecule has 2 fully saturated rings. The van der Waals surface area contributed by atoms with Crippen LogP contribution in [-0.2, 0) is 4.74 Å². The zero-order chi connectivity index (χ0) is 14.2. The standard InChI is InChI=1S/C19H32O/c1-3-5-14-20-15-17-8-12-19(13-9-17)18-10-6-16(4-2)7-11-18/h3-5,16-19H,2,6-15H2,1H3/b5-3-/t16-,17?,18-,19?. The van der Waals surface area contributed by atoms with Gasteiger partial charge < -0.3 is 4.74 Å². The summed E-state index contributed by atoms with van der Waals surface area (Å²) in [6.45, 7) is 7.77. The van der Waals surface area contributed by atoms with Crippen molar-refractivity contribution in [1.82, 2.24) is 0 Å². The van der Waals surface area contributed by atoms with Gasteiger partial charge in [-0.3, -0.25) is 0 Å². The lowest BCUT2D eigenvalue weighted by atomic mass is 9.69. The predicted molar refractivity (Wildman–Crippen MR) is 86.7 cm³/mol. The maximum Gasteiger partial charge on any atom is 0.0647 e. The quantitative estimate of drug-likeness (QED) is 0.467. The van der Waals surface area contributed by atoms with Gasteiger partial charge in [-0.05, 0) is 82.0 Å². The Balaban J connectivity index is 1.63. The highest BCUT2D eigenvalue weighted by molar-refractivity contribution is 4.87. The van der Waals surface area contributed by atoms with Crippen molar-refractivity contribution in [1.29, 1.82) is 0 Å². The molecule has 0 aromatic rings. The molecule has 2 saturated carbocycles. The average Bonchev–Trinajstić information content (AvgIpc) is 2.52. The van der Waals surface area contributed by atoms with Crippen LogP contribution >= 0.6 is 0 Å². The van der Waals surface area contributed by atoms with Crippen molar-refractivity contribution in [3.8, 4) is 0 Å². The van der Waals surface area contributed by atoms with Crippen LogP contribution in [0.15, 0.2) is 24.8 Å². The second kappa shape index (κ2) is 8.67. The number of hydrogen-bond donors (Lipinski definition) is 0. The van der Waals surface area contributed by atoms with E-state index in [9.17, 15) is 0 Å². The maximum atomic E-state index is 5.72. The molecule has 0 bridgehead atoms. The first-order valence-corrected chi connectivity index (χ1v) is 8.65. The zero-order valence-corrected chi connectivity index (χ0v) is 13.2. The van der Waals surface area contributed by atoms with Crippen molar-refractivity contribution in [3.63, 3.8) is 0 Å². The van der Waals surface area contributed by atoms with Crippen molar-refractivity contribution < 1.29 is 4.74 Å². The number of ether oxygens (including phenoxy) is 1. The van der Waals surface area contributed by atoms with Crippen LogP contribution in [0.1, 0.15) is 58.3 Å². The number of hydrogen-bond acceptors (Lipinski definition) is 1. The molecule has 2 aliphatic carbocycles. The Morgan fingerprint density at radius 1 is 0.950 bits per heavy atom. The zero-order valence-electron chi connectivity index (χ0n) is 13.2. The van der Waals surface area contributed by atoms with E-state index in [4.69, 9.17) is 4.74 Å². The molecule has 0 heterocycles. The van der Waals surface area contributed by atoms with E-state index in [-0.39, 0.29) is 0 Å². The lowest BCUT2D eigenvalue weighted by molar-refractivity contribution is 0.0799. The van der Waals surface area contributed by atoms with Crippen LogP contribution in [0.5, 0.6) is 0 Å². The van der Waals surface area contributed by atoms with Crippen LogP contribution in [0, 0.1) is 23.7 Å². The molecule has 0 N–H and O–H groups in total. The minimum atomic E-state index is 0.794. The molecule has 20 heavy (non-hydrogen) atoms. The molecule has 0 radical (unpaired) electrons. The minimum absolute atomic E-state index is 0.794. The fourth-order valence-corrected chi connectivity index (χ4v) is 4.08. The van der Waals surface area contributed by atoms with E-state index in [2.05, 4.69) is 31.7 Å². The highest BCUT2D eigenvalue weighted by Crippen LogP contribution is 2.41. The van der Waals surface area contributed by atoms with Crippen molar-refractivity contribution >= 4 is 0 Å². The third-order valence-corrected chi connectivity index (χ3v) is 5.51. The SMILES string of the molecule is C=C[C@H]1CC[C@H](C2CCC(COC/C=C\C)CC2)CC1. The van der Waals surface area contributed by atoms with Gasteiger partial charge in [-0.2, -0.15) is 0 Å². The van der Waals surface area contributed by atoms with E-state index in [0.29, 0.717) is 0 Å². The Hall–Kier alpha value is -0.560. The Kier molecular flexibility index (Phi) is 6.86. The monoisotopic (exact) mass is 276 g/mol. The van der Waals surface area contributed by atoms with E-state index in [1.54, 1.807) is 0 Å². The van der Waals surface area contributed by atoms with Crippen molar-refractivity contribution in [2.24, 2.45) is 23.7 Å².